The Kier molecular flexibility index (Phi) is 2.70. The van der Waals surface area contributed by atoms with Gasteiger partial charge in [-0.2, -0.15) is 0 Å². The number of alkyl halides is 2. The molecule has 0 atom stereocenters. The molecule has 0 radical (unpaired) electrons. The standard InChI is InChI=1S/C9H9F2NO3/c10-9(11)5-1-6(3-15-12)8-7(2-5)13-4-14-8/h1-2,9H,3-4,12H2. The Balaban J connectivity index is 2.43. The van der Waals surface area contributed by atoms with Crippen molar-refractivity contribution in [3.8, 4) is 11.5 Å². The van der Waals surface area contributed by atoms with Gasteiger partial charge in [-0.25, -0.2) is 14.7 Å². The lowest BCUT2D eigenvalue weighted by Crippen LogP contribution is -2.01. The molecular formula is C9H9F2NO3. The minimum Gasteiger partial charge on any atom is -0.454 e. The Morgan fingerprint density at radius 1 is 1.40 bits per heavy atom. The van der Waals surface area contributed by atoms with E-state index in [0.717, 1.165) is 0 Å². The highest BCUT2D eigenvalue weighted by molar-refractivity contribution is 5.51. The minimum absolute atomic E-state index is 0.00620. The number of hydrogen-bond donors (Lipinski definition) is 1. The molecule has 1 heterocycles. The van der Waals surface area contributed by atoms with Gasteiger partial charge in [0.25, 0.3) is 6.43 Å². The van der Waals surface area contributed by atoms with Crippen molar-refractivity contribution in [2.24, 2.45) is 5.90 Å². The second kappa shape index (κ2) is 4.00. The van der Waals surface area contributed by atoms with Crippen molar-refractivity contribution in [2.75, 3.05) is 6.79 Å². The lowest BCUT2D eigenvalue weighted by Gasteiger charge is -2.07. The van der Waals surface area contributed by atoms with Crippen LogP contribution in [0.1, 0.15) is 17.6 Å². The van der Waals surface area contributed by atoms with Crippen LogP contribution in [0.15, 0.2) is 12.1 Å². The van der Waals surface area contributed by atoms with Crippen LogP contribution in [0.5, 0.6) is 11.5 Å². The van der Waals surface area contributed by atoms with Crippen LogP contribution in [-0.4, -0.2) is 6.79 Å². The third-order valence-electron chi connectivity index (χ3n) is 2.06. The Bertz CT molecular complexity index is 371. The van der Waals surface area contributed by atoms with E-state index in [4.69, 9.17) is 15.4 Å². The van der Waals surface area contributed by atoms with E-state index in [2.05, 4.69) is 4.84 Å². The molecule has 0 bridgehead atoms. The maximum absolute atomic E-state index is 12.5. The summed E-state index contributed by atoms with van der Waals surface area (Å²) in [7, 11) is 0. The van der Waals surface area contributed by atoms with Crippen molar-refractivity contribution in [1.82, 2.24) is 0 Å². The molecule has 1 aliphatic heterocycles. The molecule has 1 aromatic carbocycles. The third-order valence-corrected chi connectivity index (χ3v) is 2.06. The quantitative estimate of drug-likeness (QED) is 0.783. The van der Waals surface area contributed by atoms with E-state index in [9.17, 15) is 8.78 Å². The number of halogens is 2. The number of nitrogens with two attached hydrogens (primary N) is 1. The van der Waals surface area contributed by atoms with Crippen LogP contribution in [0, 0.1) is 0 Å². The van der Waals surface area contributed by atoms with Crippen molar-refractivity contribution < 1.29 is 23.1 Å². The summed E-state index contributed by atoms with van der Waals surface area (Å²) in [6, 6.07) is 2.55. The monoisotopic (exact) mass is 217 g/mol. The van der Waals surface area contributed by atoms with Gasteiger partial charge in [0.15, 0.2) is 11.5 Å². The molecule has 1 aromatic rings. The molecule has 1 aliphatic rings. The van der Waals surface area contributed by atoms with Crippen LogP contribution >= 0.6 is 0 Å². The summed E-state index contributed by atoms with van der Waals surface area (Å²) in [6.45, 7) is 0.0336. The normalized spacial score (nSPS) is 13.6. The van der Waals surface area contributed by atoms with Gasteiger partial charge in [0.05, 0.1) is 6.61 Å². The van der Waals surface area contributed by atoms with E-state index in [0.29, 0.717) is 17.1 Å². The number of ether oxygens (including phenoxy) is 2. The van der Waals surface area contributed by atoms with Crippen molar-refractivity contribution in [2.45, 2.75) is 13.0 Å². The Labute approximate surface area is 84.5 Å². The average molecular weight is 217 g/mol. The molecule has 0 amide bonds. The predicted molar refractivity (Wildman–Crippen MR) is 46.5 cm³/mol. The second-order valence-electron chi connectivity index (χ2n) is 3.03. The molecule has 82 valence electrons. The zero-order valence-electron chi connectivity index (χ0n) is 7.70. The fraction of sp³-hybridized carbons (Fsp3) is 0.333. The van der Waals surface area contributed by atoms with Crippen molar-refractivity contribution in [3.05, 3.63) is 23.3 Å². The summed E-state index contributed by atoms with van der Waals surface area (Å²) in [5, 5.41) is 0. The zero-order chi connectivity index (χ0) is 10.8. The molecule has 0 fully saturated rings. The van der Waals surface area contributed by atoms with Gasteiger partial charge in [-0.15, -0.1) is 0 Å². The Hall–Kier alpha value is -1.40. The molecule has 0 aromatic heterocycles. The van der Waals surface area contributed by atoms with E-state index in [1.807, 2.05) is 0 Å². The summed E-state index contributed by atoms with van der Waals surface area (Å²) >= 11 is 0. The van der Waals surface area contributed by atoms with Crippen LogP contribution in [0.25, 0.3) is 0 Å². The Morgan fingerprint density at radius 3 is 2.87 bits per heavy atom. The van der Waals surface area contributed by atoms with E-state index < -0.39 is 6.43 Å². The van der Waals surface area contributed by atoms with E-state index in [1.165, 1.54) is 12.1 Å². The predicted octanol–water partition coefficient (Wildman–Crippen LogP) is 1.74. The van der Waals surface area contributed by atoms with Crippen LogP contribution in [-0.2, 0) is 11.4 Å². The van der Waals surface area contributed by atoms with Gasteiger partial charge in [0.2, 0.25) is 6.79 Å². The van der Waals surface area contributed by atoms with E-state index >= 15 is 0 Å². The second-order valence-corrected chi connectivity index (χ2v) is 3.03. The summed E-state index contributed by atoms with van der Waals surface area (Å²) in [4.78, 5) is 4.41. The molecule has 0 unspecified atom stereocenters. The SMILES string of the molecule is NOCc1cc(C(F)F)cc2c1OCO2. The first-order chi connectivity index (χ1) is 7.22. The van der Waals surface area contributed by atoms with Gasteiger partial charge in [0, 0.05) is 11.1 Å². The molecule has 0 saturated carbocycles. The van der Waals surface area contributed by atoms with Crippen LogP contribution in [0.4, 0.5) is 8.78 Å². The van der Waals surface area contributed by atoms with Crippen LogP contribution in [0.2, 0.25) is 0 Å². The topological polar surface area (TPSA) is 53.7 Å². The van der Waals surface area contributed by atoms with Gasteiger partial charge in [-0.1, -0.05) is 0 Å². The first kappa shape index (κ1) is 10.1. The van der Waals surface area contributed by atoms with E-state index in [1.54, 1.807) is 0 Å². The third kappa shape index (κ3) is 1.86. The average Bonchev–Trinajstić information content (AvgIpc) is 2.65. The lowest BCUT2D eigenvalue weighted by atomic mass is 10.1. The number of fused-ring (bicyclic) bond motifs is 1. The smallest absolute Gasteiger partial charge is 0.263 e. The maximum Gasteiger partial charge on any atom is 0.263 e. The van der Waals surface area contributed by atoms with Gasteiger partial charge in [-0.3, -0.25) is 4.84 Å². The largest absolute Gasteiger partial charge is 0.454 e. The fourth-order valence-corrected chi connectivity index (χ4v) is 1.43. The van der Waals surface area contributed by atoms with Crippen LogP contribution in [0.3, 0.4) is 0 Å². The van der Waals surface area contributed by atoms with Crippen molar-refractivity contribution >= 4 is 0 Å². The van der Waals surface area contributed by atoms with Crippen molar-refractivity contribution in [3.63, 3.8) is 0 Å². The molecular weight excluding hydrogens is 208 g/mol. The summed E-state index contributed by atoms with van der Waals surface area (Å²) in [6.07, 6.45) is -2.56. The molecule has 2 rings (SSSR count). The lowest BCUT2D eigenvalue weighted by molar-refractivity contribution is 0.119. The summed E-state index contributed by atoms with van der Waals surface area (Å²) < 4.78 is 35.1. The highest BCUT2D eigenvalue weighted by Crippen LogP contribution is 2.39. The van der Waals surface area contributed by atoms with Gasteiger partial charge >= 0.3 is 0 Å². The van der Waals surface area contributed by atoms with Gasteiger partial charge < -0.3 is 9.47 Å². The Morgan fingerprint density at radius 2 is 2.20 bits per heavy atom. The molecule has 0 aliphatic carbocycles. The van der Waals surface area contributed by atoms with Crippen molar-refractivity contribution in [1.29, 1.82) is 0 Å². The molecule has 2 N–H and O–H groups in total. The highest BCUT2D eigenvalue weighted by atomic mass is 19.3. The fourth-order valence-electron chi connectivity index (χ4n) is 1.43. The first-order valence-corrected chi connectivity index (χ1v) is 4.24. The number of rotatable bonds is 3. The van der Waals surface area contributed by atoms with E-state index in [-0.39, 0.29) is 19.0 Å². The minimum atomic E-state index is -2.56. The van der Waals surface area contributed by atoms with Gasteiger partial charge in [0.1, 0.15) is 0 Å². The molecule has 6 heteroatoms. The summed E-state index contributed by atoms with van der Waals surface area (Å²) in [5.74, 6) is 5.62. The number of hydrogen-bond acceptors (Lipinski definition) is 4. The molecule has 4 nitrogen and oxygen atoms in total. The molecule has 15 heavy (non-hydrogen) atoms. The molecule has 0 spiro atoms. The highest BCUT2D eigenvalue weighted by Gasteiger charge is 2.21. The molecule has 0 saturated heterocycles. The first-order valence-electron chi connectivity index (χ1n) is 4.24. The van der Waals surface area contributed by atoms with Gasteiger partial charge in [-0.05, 0) is 12.1 Å². The van der Waals surface area contributed by atoms with Crippen LogP contribution < -0.4 is 15.4 Å². The maximum atomic E-state index is 12.5. The summed E-state index contributed by atoms with van der Waals surface area (Å²) in [5.41, 5.74) is 0.328. The zero-order valence-corrected chi connectivity index (χ0v) is 7.70. The number of benzene rings is 1.